The van der Waals surface area contributed by atoms with Gasteiger partial charge in [0.2, 0.25) is 0 Å². The molecule has 118 valence electrons. The third-order valence-corrected chi connectivity index (χ3v) is 3.88. The zero-order valence-electron chi connectivity index (χ0n) is 14.0. The standard InChI is InChI=1S/C18H35NO/c1-18(2,3)13-9-7-5-4-6-8-10-16-20-17-11-14-19-15-12-17/h11,19H,4-10,12-16H2,1-3H3. The molecule has 1 aliphatic heterocycles. The van der Waals surface area contributed by atoms with Gasteiger partial charge in [-0.1, -0.05) is 59.3 Å². The third-order valence-electron chi connectivity index (χ3n) is 3.88. The molecule has 0 radical (unpaired) electrons. The minimum absolute atomic E-state index is 0.515. The highest BCUT2D eigenvalue weighted by atomic mass is 16.5. The van der Waals surface area contributed by atoms with Crippen LogP contribution in [0.3, 0.4) is 0 Å². The molecule has 0 saturated carbocycles. The van der Waals surface area contributed by atoms with Crippen molar-refractivity contribution in [3.05, 3.63) is 11.8 Å². The van der Waals surface area contributed by atoms with E-state index in [0.29, 0.717) is 5.41 Å². The Balaban J connectivity index is 1.80. The van der Waals surface area contributed by atoms with E-state index in [9.17, 15) is 0 Å². The molecular formula is C18H35NO. The van der Waals surface area contributed by atoms with Gasteiger partial charge in [0.25, 0.3) is 0 Å². The molecule has 0 aromatic heterocycles. The highest BCUT2D eigenvalue weighted by molar-refractivity contribution is 4.98. The molecule has 2 heteroatoms. The molecule has 1 heterocycles. The van der Waals surface area contributed by atoms with Gasteiger partial charge in [-0.3, -0.25) is 0 Å². The van der Waals surface area contributed by atoms with Gasteiger partial charge < -0.3 is 10.1 Å². The zero-order chi connectivity index (χ0) is 14.7. The van der Waals surface area contributed by atoms with Gasteiger partial charge in [0.15, 0.2) is 0 Å². The van der Waals surface area contributed by atoms with Gasteiger partial charge in [0, 0.05) is 19.5 Å². The second-order valence-electron chi connectivity index (χ2n) is 7.26. The molecule has 0 aliphatic carbocycles. The second kappa shape index (κ2) is 10.3. The van der Waals surface area contributed by atoms with Crippen molar-refractivity contribution >= 4 is 0 Å². The Morgan fingerprint density at radius 1 is 1.00 bits per heavy atom. The summed E-state index contributed by atoms with van der Waals surface area (Å²) in [5.41, 5.74) is 0.515. The first-order valence-electron chi connectivity index (χ1n) is 8.60. The fourth-order valence-corrected chi connectivity index (χ4v) is 2.58. The van der Waals surface area contributed by atoms with Gasteiger partial charge in [-0.25, -0.2) is 0 Å². The van der Waals surface area contributed by atoms with Crippen LogP contribution in [0, 0.1) is 5.41 Å². The van der Waals surface area contributed by atoms with E-state index in [0.717, 1.165) is 26.1 Å². The van der Waals surface area contributed by atoms with E-state index in [1.807, 2.05) is 0 Å². The highest BCUT2D eigenvalue weighted by Gasteiger charge is 2.08. The summed E-state index contributed by atoms with van der Waals surface area (Å²) >= 11 is 0. The first-order chi connectivity index (χ1) is 9.58. The summed E-state index contributed by atoms with van der Waals surface area (Å²) in [5, 5.41) is 3.30. The number of ether oxygens (including phenoxy) is 1. The summed E-state index contributed by atoms with van der Waals surface area (Å²) in [6.45, 7) is 9.97. The Kier molecular flexibility index (Phi) is 9.00. The van der Waals surface area contributed by atoms with Gasteiger partial charge in [-0.2, -0.15) is 0 Å². The van der Waals surface area contributed by atoms with Crippen molar-refractivity contribution < 1.29 is 4.74 Å². The predicted molar refractivity (Wildman–Crippen MR) is 87.9 cm³/mol. The first-order valence-corrected chi connectivity index (χ1v) is 8.60. The molecule has 0 bridgehead atoms. The number of hydrogen-bond acceptors (Lipinski definition) is 2. The molecule has 20 heavy (non-hydrogen) atoms. The van der Waals surface area contributed by atoms with E-state index < -0.39 is 0 Å². The lowest BCUT2D eigenvalue weighted by molar-refractivity contribution is 0.191. The number of unbranched alkanes of at least 4 members (excludes halogenated alkanes) is 6. The Hall–Kier alpha value is -0.500. The molecule has 0 spiro atoms. The number of hydrogen-bond donors (Lipinski definition) is 1. The monoisotopic (exact) mass is 281 g/mol. The van der Waals surface area contributed by atoms with Crippen LogP contribution < -0.4 is 5.32 Å². The van der Waals surface area contributed by atoms with Gasteiger partial charge in [0.1, 0.15) is 0 Å². The van der Waals surface area contributed by atoms with Crippen LogP contribution in [0.2, 0.25) is 0 Å². The van der Waals surface area contributed by atoms with Gasteiger partial charge in [-0.05, 0) is 24.3 Å². The van der Waals surface area contributed by atoms with Crippen LogP contribution in [0.5, 0.6) is 0 Å². The van der Waals surface area contributed by atoms with E-state index >= 15 is 0 Å². The molecule has 0 saturated heterocycles. The molecule has 1 rings (SSSR count). The number of nitrogens with one attached hydrogen (secondary N) is 1. The Morgan fingerprint density at radius 3 is 2.25 bits per heavy atom. The fraction of sp³-hybridized carbons (Fsp3) is 0.889. The molecule has 2 nitrogen and oxygen atoms in total. The van der Waals surface area contributed by atoms with Crippen LogP contribution in [0.4, 0.5) is 0 Å². The lowest BCUT2D eigenvalue weighted by Gasteiger charge is -2.17. The minimum atomic E-state index is 0.515. The van der Waals surface area contributed by atoms with Crippen LogP contribution in [0.15, 0.2) is 11.8 Å². The van der Waals surface area contributed by atoms with Crippen molar-refractivity contribution in [3.8, 4) is 0 Å². The maximum atomic E-state index is 5.79. The lowest BCUT2D eigenvalue weighted by atomic mass is 9.89. The third kappa shape index (κ3) is 10.3. The number of rotatable bonds is 10. The molecule has 0 unspecified atom stereocenters. The predicted octanol–water partition coefficient (Wildman–Crippen LogP) is 5.05. The van der Waals surface area contributed by atoms with E-state index in [1.54, 1.807) is 0 Å². The van der Waals surface area contributed by atoms with Crippen molar-refractivity contribution in [1.29, 1.82) is 0 Å². The van der Waals surface area contributed by atoms with Crippen LogP contribution >= 0.6 is 0 Å². The maximum absolute atomic E-state index is 5.79. The second-order valence-corrected chi connectivity index (χ2v) is 7.26. The average Bonchev–Trinajstić information content (AvgIpc) is 2.41. The molecule has 1 N–H and O–H groups in total. The van der Waals surface area contributed by atoms with E-state index in [-0.39, 0.29) is 0 Å². The quantitative estimate of drug-likeness (QED) is 0.566. The zero-order valence-corrected chi connectivity index (χ0v) is 14.0. The Morgan fingerprint density at radius 2 is 1.65 bits per heavy atom. The topological polar surface area (TPSA) is 21.3 Å². The smallest absolute Gasteiger partial charge is 0.0945 e. The van der Waals surface area contributed by atoms with Crippen molar-refractivity contribution in [2.45, 2.75) is 78.6 Å². The highest BCUT2D eigenvalue weighted by Crippen LogP contribution is 2.22. The van der Waals surface area contributed by atoms with Crippen molar-refractivity contribution in [2.75, 3.05) is 19.7 Å². The molecule has 0 aromatic rings. The molecule has 0 amide bonds. The SMILES string of the molecule is CC(C)(C)CCCCCCCCCOC1=CCNCC1. The van der Waals surface area contributed by atoms with E-state index in [2.05, 4.69) is 32.2 Å². The van der Waals surface area contributed by atoms with Crippen LogP contribution in [0.25, 0.3) is 0 Å². The van der Waals surface area contributed by atoms with Crippen molar-refractivity contribution in [3.63, 3.8) is 0 Å². The van der Waals surface area contributed by atoms with Gasteiger partial charge in [-0.15, -0.1) is 0 Å². The normalized spacial score (nSPS) is 16.1. The summed E-state index contributed by atoms with van der Waals surface area (Å²) in [7, 11) is 0. The molecule has 0 aromatic carbocycles. The summed E-state index contributed by atoms with van der Waals surface area (Å²) in [5.74, 6) is 1.20. The van der Waals surface area contributed by atoms with Crippen LogP contribution in [0.1, 0.15) is 78.6 Å². The lowest BCUT2D eigenvalue weighted by Crippen LogP contribution is -2.21. The first kappa shape index (κ1) is 17.6. The van der Waals surface area contributed by atoms with Crippen molar-refractivity contribution in [1.82, 2.24) is 5.32 Å². The van der Waals surface area contributed by atoms with Crippen LogP contribution in [-0.2, 0) is 4.74 Å². The van der Waals surface area contributed by atoms with Crippen LogP contribution in [-0.4, -0.2) is 19.7 Å². The summed E-state index contributed by atoms with van der Waals surface area (Å²) < 4.78 is 5.79. The molecular weight excluding hydrogens is 246 g/mol. The van der Waals surface area contributed by atoms with E-state index in [1.165, 1.54) is 57.1 Å². The van der Waals surface area contributed by atoms with E-state index in [4.69, 9.17) is 4.74 Å². The molecule has 0 fully saturated rings. The maximum Gasteiger partial charge on any atom is 0.0945 e. The molecule has 0 atom stereocenters. The largest absolute Gasteiger partial charge is 0.498 e. The summed E-state index contributed by atoms with van der Waals surface area (Å²) in [6.07, 6.45) is 14.1. The van der Waals surface area contributed by atoms with Gasteiger partial charge >= 0.3 is 0 Å². The van der Waals surface area contributed by atoms with Crippen molar-refractivity contribution in [2.24, 2.45) is 5.41 Å². The minimum Gasteiger partial charge on any atom is -0.498 e. The molecule has 1 aliphatic rings. The Bertz CT molecular complexity index is 265. The van der Waals surface area contributed by atoms with Gasteiger partial charge in [0.05, 0.1) is 12.4 Å². The Labute approximate surface area is 126 Å². The average molecular weight is 281 g/mol. The summed E-state index contributed by atoms with van der Waals surface area (Å²) in [4.78, 5) is 0. The fourth-order valence-electron chi connectivity index (χ4n) is 2.58. The summed E-state index contributed by atoms with van der Waals surface area (Å²) in [6, 6.07) is 0.